The Hall–Kier alpha value is -1.68. The Morgan fingerprint density at radius 1 is 1.31 bits per heavy atom. The van der Waals surface area contributed by atoms with Gasteiger partial charge in [-0.1, -0.05) is 12.1 Å². The number of hydrogen-bond acceptors (Lipinski definition) is 4. The average Bonchev–Trinajstić information content (AvgIpc) is 2.77. The standard InChI is InChI=1S/C11H9ClN2O2/c1-7(15)8-2-4-9(5-3-8)11-14-13-10(6-12)16-11/h2-5H,6H2,1H3. The Labute approximate surface area is 97.3 Å². The van der Waals surface area contributed by atoms with Gasteiger partial charge in [0.15, 0.2) is 5.78 Å². The van der Waals surface area contributed by atoms with E-state index in [4.69, 9.17) is 16.0 Å². The zero-order chi connectivity index (χ0) is 11.5. The van der Waals surface area contributed by atoms with Crippen molar-refractivity contribution < 1.29 is 9.21 Å². The van der Waals surface area contributed by atoms with Crippen LogP contribution in [0.4, 0.5) is 0 Å². The lowest BCUT2D eigenvalue weighted by Gasteiger charge is -1.96. The number of rotatable bonds is 3. The van der Waals surface area contributed by atoms with Crippen LogP contribution in [0.2, 0.25) is 0 Å². The summed E-state index contributed by atoms with van der Waals surface area (Å²) < 4.78 is 5.28. The van der Waals surface area contributed by atoms with E-state index in [0.717, 1.165) is 5.56 Å². The van der Waals surface area contributed by atoms with Crippen LogP contribution in [0.3, 0.4) is 0 Å². The summed E-state index contributed by atoms with van der Waals surface area (Å²) in [7, 11) is 0. The highest BCUT2D eigenvalue weighted by atomic mass is 35.5. The van der Waals surface area contributed by atoms with Gasteiger partial charge in [-0.05, 0) is 19.1 Å². The van der Waals surface area contributed by atoms with Crippen LogP contribution in [0.5, 0.6) is 0 Å². The lowest BCUT2D eigenvalue weighted by Crippen LogP contribution is -1.90. The largest absolute Gasteiger partial charge is 0.419 e. The van der Waals surface area contributed by atoms with Crippen molar-refractivity contribution in [1.82, 2.24) is 10.2 Å². The van der Waals surface area contributed by atoms with Crippen molar-refractivity contribution in [2.75, 3.05) is 0 Å². The average molecular weight is 237 g/mol. The van der Waals surface area contributed by atoms with Crippen molar-refractivity contribution >= 4 is 17.4 Å². The number of halogens is 1. The first-order chi connectivity index (χ1) is 7.70. The molecule has 0 spiro atoms. The van der Waals surface area contributed by atoms with E-state index in [0.29, 0.717) is 17.3 Å². The molecule has 0 atom stereocenters. The van der Waals surface area contributed by atoms with Crippen molar-refractivity contribution in [3.8, 4) is 11.5 Å². The van der Waals surface area contributed by atoms with Crippen LogP contribution in [0.1, 0.15) is 23.2 Å². The molecule has 16 heavy (non-hydrogen) atoms. The van der Waals surface area contributed by atoms with Crippen molar-refractivity contribution in [3.63, 3.8) is 0 Å². The first-order valence-electron chi connectivity index (χ1n) is 4.70. The van der Waals surface area contributed by atoms with Gasteiger partial charge in [-0.25, -0.2) is 0 Å². The Morgan fingerprint density at radius 2 is 2.00 bits per heavy atom. The minimum Gasteiger partial charge on any atom is -0.419 e. The molecule has 0 bridgehead atoms. The lowest BCUT2D eigenvalue weighted by molar-refractivity contribution is 0.101. The van der Waals surface area contributed by atoms with Crippen molar-refractivity contribution in [3.05, 3.63) is 35.7 Å². The zero-order valence-corrected chi connectivity index (χ0v) is 9.36. The van der Waals surface area contributed by atoms with Gasteiger partial charge < -0.3 is 4.42 Å². The molecule has 0 aliphatic heterocycles. The molecule has 0 aliphatic carbocycles. The number of benzene rings is 1. The molecule has 82 valence electrons. The van der Waals surface area contributed by atoms with Crippen LogP contribution < -0.4 is 0 Å². The molecule has 1 aromatic heterocycles. The second kappa shape index (κ2) is 4.45. The predicted molar refractivity (Wildman–Crippen MR) is 59.3 cm³/mol. The third-order valence-corrected chi connectivity index (χ3v) is 2.35. The van der Waals surface area contributed by atoms with Crippen LogP contribution in [-0.2, 0) is 5.88 Å². The highest BCUT2D eigenvalue weighted by molar-refractivity contribution is 6.16. The van der Waals surface area contributed by atoms with E-state index in [2.05, 4.69) is 10.2 Å². The molecule has 0 saturated heterocycles. The Kier molecular flexibility index (Phi) is 3.01. The second-order valence-corrected chi connectivity index (χ2v) is 3.54. The van der Waals surface area contributed by atoms with E-state index in [1.165, 1.54) is 6.92 Å². The molecular weight excluding hydrogens is 228 g/mol. The lowest BCUT2D eigenvalue weighted by atomic mass is 10.1. The van der Waals surface area contributed by atoms with Crippen molar-refractivity contribution in [2.24, 2.45) is 0 Å². The molecule has 5 heteroatoms. The molecule has 2 rings (SSSR count). The molecule has 0 radical (unpaired) electrons. The van der Waals surface area contributed by atoms with Gasteiger partial charge >= 0.3 is 0 Å². The zero-order valence-electron chi connectivity index (χ0n) is 8.61. The summed E-state index contributed by atoms with van der Waals surface area (Å²) in [6.45, 7) is 1.52. The van der Waals surface area contributed by atoms with Crippen LogP contribution in [-0.4, -0.2) is 16.0 Å². The first-order valence-corrected chi connectivity index (χ1v) is 5.24. The van der Waals surface area contributed by atoms with E-state index in [9.17, 15) is 4.79 Å². The summed E-state index contributed by atoms with van der Waals surface area (Å²) in [5.41, 5.74) is 1.43. The summed E-state index contributed by atoms with van der Waals surface area (Å²) in [5.74, 6) is 1.01. The molecule has 2 aromatic rings. The van der Waals surface area contributed by atoms with E-state index in [1.807, 2.05) is 0 Å². The van der Waals surface area contributed by atoms with E-state index in [1.54, 1.807) is 24.3 Å². The van der Waals surface area contributed by atoms with Gasteiger partial charge in [0.05, 0.1) is 0 Å². The number of alkyl halides is 1. The first kappa shape index (κ1) is 10.8. The highest BCUT2D eigenvalue weighted by Crippen LogP contribution is 2.19. The van der Waals surface area contributed by atoms with Gasteiger partial charge in [-0.3, -0.25) is 4.79 Å². The van der Waals surface area contributed by atoms with Crippen molar-refractivity contribution in [1.29, 1.82) is 0 Å². The third kappa shape index (κ3) is 2.12. The van der Waals surface area contributed by atoms with Crippen LogP contribution in [0.25, 0.3) is 11.5 Å². The van der Waals surface area contributed by atoms with Gasteiger partial charge in [0, 0.05) is 11.1 Å². The molecule has 0 N–H and O–H groups in total. The maximum atomic E-state index is 11.1. The number of carbonyl (C=O) groups is 1. The molecule has 0 unspecified atom stereocenters. The van der Waals surface area contributed by atoms with E-state index >= 15 is 0 Å². The van der Waals surface area contributed by atoms with Crippen LogP contribution >= 0.6 is 11.6 Å². The molecule has 1 heterocycles. The van der Waals surface area contributed by atoms with E-state index < -0.39 is 0 Å². The molecule has 0 amide bonds. The maximum absolute atomic E-state index is 11.1. The Bertz CT molecular complexity index is 505. The number of nitrogens with zero attached hydrogens (tertiary/aromatic N) is 2. The van der Waals surface area contributed by atoms with Crippen molar-refractivity contribution in [2.45, 2.75) is 12.8 Å². The molecule has 1 aromatic carbocycles. The number of hydrogen-bond donors (Lipinski definition) is 0. The van der Waals surface area contributed by atoms with Gasteiger partial charge in [0.1, 0.15) is 5.88 Å². The Morgan fingerprint density at radius 3 is 2.50 bits per heavy atom. The number of Topliss-reactive ketones (excluding diaryl/α,β-unsaturated/α-hetero) is 1. The minimum absolute atomic E-state index is 0.0264. The fraction of sp³-hybridized carbons (Fsp3) is 0.182. The van der Waals surface area contributed by atoms with Gasteiger partial charge in [-0.2, -0.15) is 0 Å². The topological polar surface area (TPSA) is 56.0 Å². The van der Waals surface area contributed by atoms with Crippen LogP contribution in [0.15, 0.2) is 28.7 Å². The normalized spacial score (nSPS) is 10.4. The van der Waals surface area contributed by atoms with Gasteiger partial charge in [0.2, 0.25) is 11.8 Å². The third-order valence-electron chi connectivity index (χ3n) is 2.12. The monoisotopic (exact) mass is 236 g/mol. The van der Waals surface area contributed by atoms with Gasteiger partial charge in [-0.15, -0.1) is 21.8 Å². The number of ketones is 1. The predicted octanol–water partition coefficient (Wildman–Crippen LogP) is 2.68. The summed E-state index contributed by atoms with van der Waals surface area (Å²) >= 11 is 5.55. The summed E-state index contributed by atoms with van der Waals surface area (Å²) in [6, 6.07) is 6.98. The summed E-state index contributed by atoms with van der Waals surface area (Å²) in [5, 5.41) is 7.60. The number of aromatic nitrogens is 2. The molecule has 0 aliphatic rings. The van der Waals surface area contributed by atoms with Gasteiger partial charge in [0.25, 0.3) is 0 Å². The fourth-order valence-corrected chi connectivity index (χ4v) is 1.38. The molecule has 0 fully saturated rings. The Balaban J connectivity index is 2.30. The molecular formula is C11H9ClN2O2. The minimum atomic E-state index is 0.0264. The SMILES string of the molecule is CC(=O)c1ccc(-c2nnc(CCl)o2)cc1. The second-order valence-electron chi connectivity index (χ2n) is 3.27. The maximum Gasteiger partial charge on any atom is 0.247 e. The quantitative estimate of drug-likeness (QED) is 0.607. The van der Waals surface area contributed by atoms with E-state index in [-0.39, 0.29) is 11.7 Å². The summed E-state index contributed by atoms with van der Waals surface area (Å²) in [6.07, 6.45) is 0. The molecule has 0 saturated carbocycles. The molecule has 4 nitrogen and oxygen atoms in total. The summed E-state index contributed by atoms with van der Waals surface area (Å²) in [4.78, 5) is 11.1. The van der Waals surface area contributed by atoms with Crippen LogP contribution in [0, 0.1) is 0 Å². The number of carbonyl (C=O) groups excluding carboxylic acids is 1. The highest BCUT2D eigenvalue weighted by Gasteiger charge is 2.08. The fourth-order valence-electron chi connectivity index (χ4n) is 1.27. The smallest absolute Gasteiger partial charge is 0.247 e.